The minimum absolute atomic E-state index is 0.153. The molecule has 1 heterocycles. The van der Waals surface area contributed by atoms with Crippen molar-refractivity contribution in [1.29, 1.82) is 0 Å². The fraction of sp³-hybridized carbons (Fsp3) is 0.500. The smallest absolute Gasteiger partial charge is 0.326 e. The number of carbonyl (C=O) groups excluding carboxylic acids is 1. The fourth-order valence-electron chi connectivity index (χ4n) is 2.67. The number of nitrogens with zero attached hydrogens (tertiary/aromatic N) is 2. The van der Waals surface area contributed by atoms with E-state index in [9.17, 15) is 4.79 Å². The number of nitrogen functional groups attached to an aromatic ring is 1. The quantitative estimate of drug-likeness (QED) is 0.653. The lowest BCUT2D eigenvalue weighted by Gasteiger charge is -2.14. The molecule has 6 nitrogen and oxygen atoms in total. The van der Waals surface area contributed by atoms with Crippen molar-refractivity contribution in [3.05, 3.63) is 24.0 Å². The predicted octanol–water partition coefficient (Wildman–Crippen LogP) is 2.07. The van der Waals surface area contributed by atoms with Gasteiger partial charge in [0.2, 0.25) is 0 Å². The van der Waals surface area contributed by atoms with Crippen molar-refractivity contribution in [2.24, 2.45) is 0 Å². The molecular weight excluding hydrogens is 282 g/mol. The van der Waals surface area contributed by atoms with Gasteiger partial charge in [0.15, 0.2) is 0 Å². The Morgan fingerprint density at radius 1 is 1.50 bits per heavy atom. The van der Waals surface area contributed by atoms with Crippen molar-refractivity contribution in [1.82, 2.24) is 9.55 Å². The van der Waals surface area contributed by atoms with Crippen molar-refractivity contribution < 1.29 is 14.3 Å². The molecule has 2 aromatic rings. The second kappa shape index (κ2) is 5.96. The van der Waals surface area contributed by atoms with Crippen molar-refractivity contribution in [2.45, 2.75) is 38.3 Å². The van der Waals surface area contributed by atoms with Crippen molar-refractivity contribution >= 4 is 22.7 Å². The van der Waals surface area contributed by atoms with E-state index in [0.29, 0.717) is 18.2 Å². The predicted molar refractivity (Wildman–Crippen MR) is 83.6 cm³/mol. The number of fused-ring (bicyclic) bond motifs is 1. The maximum Gasteiger partial charge on any atom is 0.326 e. The maximum atomic E-state index is 12.2. The van der Waals surface area contributed by atoms with Crippen molar-refractivity contribution in [3.8, 4) is 0 Å². The van der Waals surface area contributed by atoms with E-state index in [2.05, 4.69) is 4.98 Å². The Kier molecular flexibility index (Phi) is 4.02. The molecule has 2 N–H and O–H groups in total. The van der Waals surface area contributed by atoms with Gasteiger partial charge in [0.05, 0.1) is 17.8 Å². The van der Waals surface area contributed by atoms with Crippen LogP contribution in [0.4, 0.5) is 5.69 Å². The number of benzene rings is 1. The molecule has 0 aliphatic heterocycles. The molecule has 1 saturated carbocycles. The van der Waals surface area contributed by atoms with Gasteiger partial charge in [-0.25, -0.2) is 4.98 Å². The summed E-state index contributed by atoms with van der Waals surface area (Å²) in [4.78, 5) is 16.8. The second-order valence-electron chi connectivity index (χ2n) is 5.80. The Morgan fingerprint density at radius 3 is 2.95 bits per heavy atom. The zero-order chi connectivity index (χ0) is 15.7. The Balaban J connectivity index is 1.87. The van der Waals surface area contributed by atoms with Crippen molar-refractivity contribution in [3.63, 3.8) is 0 Å². The Bertz CT molecular complexity index is 691. The molecule has 1 aliphatic rings. The van der Waals surface area contributed by atoms with E-state index in [0.717, 1.165) is 29.7 Å². The Hall–Kier alpha value is -2.08. The standard InChI is InChI=1S/C16H21N3O3/c1-10(9-21-2)22-14(20)8-19-13-5-3-4-12(17)15(13)18-16(19)11-6-7-11/h3-5,10-11H,6-9,17H2,1-2H3. The number of para-hydroxylation sites is 1. The van der Waals surface area contributed by atoms with Gasteiger partial charge in [-0.15, -0.1) is 0 Å². The summed E-state index contributed by atoms with van der Waals surface area (Å²) in [6, 6.07) is 5.65. The molecule has 1 aromatic carbocycles. The molecule has 0 bridgehead atoms. The minimum atomic E-state index is -0.284. The van der Waals surface area contributed by atoms with Crippen LogP contribution in [0.25, 0.3) is 11.0 Å². The van der Waals surface area contributed by atoms with Gasteiger partial charge in [0.25, 0.3) is 0 Å². The van der Waals surface area contributed by atoms with E-state index < -0.39 is 0 Å². The number of carbonyl (C=O) groups is 1. The van der Waals surface area contributed by atoms with Gasteiger partial charge in [-0.2, -0.15) is 0 Å². The molecule has 1 fully saturated rings. The largest absolute Gasteiger partial charge is 0.459 e. The summed E-state index contributed by atoms with van der Waals surface area (Å²) in [5, 5.41) is 0. The van der Waals surface area contributed by atoms with Gasteiger partial charge in [-0.1, -0.05) is 6.07 Å². The average Bonchev–Trinajstić information content (AvgIpc) is 3.24. The lowest BCUT2D eigenvalue weighted by Crippen LogP contribution is -2.23. The van der Waals surface area contributed by atoms with Crippen LogP contribution in [0, 0.1) is 0 Å². The Morgan fingerprint density at radius 2 is 2.27 bits per heavy atom. The molecule has 1 aliphatic carbocycles. The Labute approximate surface area is 129 Å². The zero-order valence-electron chi connectivity index (χ0n) is 12.9. The highest BCUT2D eigenvalue weighted by atomic mass is 16.6. The normalized spacial score (nSPS) is 15.9. The number of esters is 1. The number of hydrogen-bond acceptors (Lipinski definition) is 5. The van der Waals surface area contributed by atoms with Crippen LogP contribution < -0.4 is 5.73 Å². The van der Waals surface area contributed by atoms with Crippen LogP contribution in [-0.4, -0.2) is 35.3 Å². The summed E-state index contributed by atoms with van der Waals surface area (Å²) in [6.07, 6.45) is 1.96. The fourth-order valence-corrected chi connectivity index (χ4v) is 2.67. The van der Waals surface area contributed by atoms with E-state index >= 15 is 0 Å². The van der Waals surface area contributed by atoms with Crippen LogP contribution in [-0.2, 0) is 20.8 Å². The number of ether oxygens (including phenoxy) is 2. The summed E-state index contributed by atoms with van der Waals surface area (Å²) in [5.41, 5.74) is 8.29. The van der Waals surface area contributed by atoms with Gasteiger partial charge < -0.3 is 19.8 Å². The summed E-state index contributed by atoms with van der Waals surface area (Å²) < 4.78 is 12.3. The molecule has 0 amide bonds. The van der Waals surface area contributed by atoms with Crippen LogP contribution >= 0.6 is 0 Å². The van der Waals surface area contributed by atoms with E-state index in [1.807, 2.05) is 29.7 Å². The minimum Gasteiger partial charge on any atom is -0.459 e. The molecule has 3 rings (SSSR count). The summed E-state index contributed by atoms with van der Waals surface area (Å²) >= 11 is 0. The molecular formula is C16H21N3O3. The number of aromatic nitrogens is 2. The summed E-state index contributed by atoms with van der Waals surface area (Å²) in [6.45, 7) is 2.35. The monoisotopic (exact) mass is 303 g/mol. The average molecular weight is 303 g/mol. The third-order valence-corrected chi connectivity index (χ3v) is 3.80. The highest BCUT2D eigenvalue weighted by Gasteiger charge is 2.30. The number of methoxy groups -OCH3 is 1. The van der Waals surface area contributed by atoms with E-state index in [1.165, 1.54) is 0 Å². The van der Waals surface area contributed by atoms with Gasteiger partial charge in [0, 0.05) is 13.0 Å². The SMILES string of the molecule is COCC(C)OC(=O)Cn1c(C2CC2)nc2c(N)cccc21. The lowest BCUT2D eigenvalue weighted by atomic mass is 10.3. The lowest BCUT2D eigenvalue weighted by molar-refractivity contribution is -0.151. The number of rotatable bonds is 6. The maximum absolute atomic E-state index is 12.2. The van der Waals surface area contributed by atoms with Crippen LogP contribution in [0.2, 0.25) is 0 Å². The van der Waals surface area contributed by atoms with E-state index in [1.54, 1.807) is 7.11 Å². The first-order chi connectivity index (χ1) is 10.6. The molecule has 1 unspecified atom stereocenters. The zero-order valence-corrected chi connectivity index (χ0v) is 12.9. The van der Waals surface area contributed by atoms with Crippen molar-refractivity contribution in [2.75, 3.05) is 19.5 Å². The highest BCUT2D eigenvalue weighted by molar-refractivity contribution is 5.88. The molecule has 6 heteroatoms. The molecule has 0 radical (unpaired) electrons. The number of imidazole rings is 1. The molecule has 1 atom stereocenters. The van der Waals surface area contributed by atoms with E-state index in [-0.39, 0.29) is 18.6 Å². The molecule has 22 heavy (non-hydrogen) atoms. The van der Waals surface area contributed by atoms with Gasteiger partial charge in [-0.05, 0) is 31.9 Å². The van der Waals surface area contributed by atoms with Gasteiger partial charge in [0.1, 0.15) is 24.0 Å². The molecule has 1 aromatic heterocycles. The summed E-state index contributed by atoms with van der Waals surface area (Å²) in [7, 11) is 1.59. The first-order valence-electron chi connectivity index (χ1n) is 7.53. The van der Waals surface area contributed by atoms with Crippen LogP contribution in [0.15, 0.2) is 18.2 Å². The first-order valence-corrected chi connectivity index (χ1v) is 7.53. The van der Waals surface area contributed by atoms with Crippen LogP contribution in [0.1, 0.15) is 31.5 Å². The topological polar surface area (TPSA) is 79.4 Å². The van der Waals surface area contributed by atoms with E-state index in [4.69, 9.17) is 15.2 Å². The summed E-state index contributed by atoms with van der Waals surface area (Å²) in [5.74, 6) is 1.08. The number of anilines is 1. The highest BCUT2D eigenvalue weighted by Crippen LogP contribution is 2.41. The molecule has 118 valence electrons. The van der Waals surface area contributed by atoms with Crippen LogP contribution in [0.3, 0.4) is 0 Å². The molecule has 0 spiro atoms. The number of nitrogens with two attached hydrogens (primary N) is 1. The second-order valence-corrected chi connectivity index (χ2v) is 5.80. The first kappa shape index (κ1) is 14.8. The van der Waals surface area contributed by atoms with Gasteiger partial charge in [-0.3, -0.25) is 4.79 Å². The molecule has 0 saturated heterocycles. The van der Waals surface area contributed by atoms with Gasteiger partial charge >= 0.3 is 5.97 Å². The number of hydrogen-bond donors (Lipinski definition) is 1. The van der Waals surface area contributed by atoms with Crippen LogP contribution in [0.5, 0.6) is 0 Å². The third-order valence-electron chi connectivity index (χ3n) is 3.80. The third kappa shape index (κ3) is 2.92.